The van der Waals surface area contributed by atoms with Crippen molar-refractivity contribution in [3.63, 3.8) is 0 Å². The van der Waals surface area contributed by atoms with Crippen LogP contribution in [-0.4, -0.2) is 64.5 Å². The van der Waals surface area contributed by atoms with Crippen LogP contribution in [-0.2, 0) is 28.1 Å². The van der Waals surface area contributed by atoms with Gasteiger partial charge < -0.3 is 28.1 Å². The van der Waals surface area contributed by atoms with Crippen LogP contribution in [0.5, 0.6) is 0 Å². The predicted octanol–water partition coefficient (Wildman–Crippen LogP) is 4.13. The van der Waals surface area contributed by atoms with E-state index in [1.54, 1.807) is 31.4 Å². The molecule has 5 atom stereocenters. The smallest absolute Gasteiger partial charge is 0.340 e. The molecule has 31 heavy (non-hydrogen) atoms. The molecule has 3 rings (SSSR count). The second-order valence-electron chi connectivity index (χ2n) is 10.2. The molecule has 0 radical (unpaired) electrons. The Morgan fingerprint density at radius 1 is 1.13 bits per heavy atom. The van der Waals surface area contributed by atoms with Crippen LogP contribution < -0.4 is 0 Å². The average molecular weight is 453 g/mol. The molecule has 1 aromatic rings. The molecule has 174 valence electrons. The van der Waals surface area contributed by atoms with Crippen molar-refractivity contribution < 1.29 is 32.9 Å². The summed E-state index contributed by atoms with van der Waals surface area (Å²) < 4.78 is 36.1. The van der Waals surface area contributed by atoms with Crippen molar-refractivity contribution in [3.8, 4) is 0 Å². The van der Waals surface area contributed by atoms with Crippen LogP contribution in [0.25, 0.3) is 0 Å². The van der Waals surface area contributed by atoms with Gasteiger partial charge in [0, 0.05) is 7.11 Å². The Hall–Kier alpha value is -1.29. The monoisotopic (exact) mass is 452 g/mol. The van der Waals surface area contributed by atoms with Gasteiger partial charge in [0.2, 0.25) is 6.29 Å². The van der Waals surface area contributed by atoms with E-state index in [0.717, 1.165) is 0 Å². The molecule has 2 saturated heterocycles. The molecule has 0 amide bonds. The zero-order chi connectivity index (χ0) is 23.0. The number of esters is 1. The van der Waals surface area contributed by atoms with E-state index in [4.69, 9.17) is 28.1 Å². The first-order chi connectivity index (χ1) is 14.3. The molecule has 0 saturated carbocycles. The van der Waals surface area contributed by atoms with Gasteiger partial charge in [0.1, 0.15) is 18.3 Å². The third-order valence-corrected chi connectivity index (χ3v) is 10.9. The highest BCUT2D eigenvalue weighted by Gasteiger charge is 2.59. The molecule has 2 heterocycles. The van der Waals surface area contributed by atoms with Gasteiger partial charge in [-0.15, -0.1) is 0 Å². The number of hydrogen-bond donors (Lipinski definition) is 0. The third-order valence-electron chi connectivity index (χ3n) is 6.36. The van der Waals surface area contributed by atoms with Crippen molar-refractivity contribution in [2.45, 2.75) is 89.2 Å². The third kappa shape index (κ3) is 5.38. The average Bonchev–Trinajstić information content (AvgIpc) is 3.16. The Morgan fingerprint density at radius 3 is 2.32 bits per heavy atom. The minimum absolute atomic E-state index is 0.0765. The standard InChI is InChI=1S/C23H36O7Si/c1-22(2,3)31(7,8)26-14-16(25-6)17-18-19(30-23(4,5)29-18)21(27-17)28-20(24)15-12-10-9-11-13-15/h9-13,16-19,21H,14H2,1-8H3/t16-,17-,18+,19+,21-/m1/s1. The summed E-state index contributed by atoms with van der Waals surface area (Å²) in [6.07, 6.45) is -2.75. The highest BCUT2D eigenvalue weighted by molar-refractivity contribution is 6.74. The van der Waals surface area contributed by atoms with Crippen LogP contribution in [0.1, 0.15) is 45.0 Å². The van der Waals surface area contributed by atoms with E-state index in [9.17, 15) is 4.79 Å². The van der Waals surface area contributed by atoms with Crippen LogP contribution in [0.2, 0.25) is 18.1 Å². The van der Waals surface area contributed by atoms with Gasteiger partial charge in [-0.05, 0) is 44.1 Å². The van der Waals surface area contributed by atoms with Crippen molar-refractivity contribution in [1.82, 2.24) is 0 Å². The van der Waals surface area contributed by atoms with Crippen LogP contribution >= 0.6 is 0 Å². The van der Waals surface area contributed by atoms with Crippen molar-refractivity contribution >= 4 is 14.3 Å². The molecule has 2 fully saturated rings. The predicted molar refractivity (Wildman–Crippen MR) is 118 cm³/mol. The molecule has 1 aromatic carbocycles. The first kappa shape index (κ1) is 24.4. The van der Waals surface area contributed by atoms with E-state index >= 15 is 0 Å². The van der Waals surface area contributed by atoms with Gasteiger partial charge in [0.15, 0.2) is 20.2 Å². The summed E-state index contributed by atoms with van der Waals surface area (Å²) in [7, 11) is -0.350. The summed E-state index contributed by atoms with van der Waals surface area (Å²) in [5.41, 5.74) is 0.453. The summed E-state index contributed by atoms with van der Waals surface area (Å²) in [6, 6.07) is 8.82. The number of ether oxygens (including phenoxy) is 5. The SMILES string of the molecule is CO[C@H](CO[Si](C)(C)C(C)(C)C)[C@H]1O[C@H](OC(=O)c2ccccc2)[C@H]2OC(C)(C)O[C@H]21. The molecule has 0 aliphatic carbocycles. The number of rotatable bonds is 7. The van der Waals surface area contributed by atoms with Gasteiger partial charge in [0.05, 0.1) is 12.2 Å². The van der Waals surface area contributed by atoms with Gasteiger partial charge >= 0.3 is 5.97 Å². The van der Waals surface area contributed by atoms with Crippen molar-refractivity contribution in [3.05, 3.63) is 35.9 Å². The largest absolute Gasteiger partial charge is 0.429 e. The summed E-state index contributed by atoms with van der Waals surface area (Å²) in [5.74, 6) is -1.28. The van der Waals surface area contributed by atoms with E-state index in [2.05, 4.69) is 33.9 Å². The summed E-state index contributed by atoms with van der Waals surface area (Å²) in [5, 5.41) is 0.0765. The van der Waals surface area contributed by atoms with Crippen LogP contribution in [0.15, 0.2) is 30.3 Å². The topological polar surface area (TPSA) is 72.5 Å². The number of carbonyl (C=O) groups is 1. The molecular formula is C23H36O7Si. The second kappa shape index (κ2) is 8.92. The Morgan fingerprint density at radius 2 is 1.74 bits per heavy atom. The molecule has 0 aromatic heterocycles. The molecule has 7 nitrogen and oxygen atoms in total. The van der Waals surface area contributed by atoms with Crippen molar-refractivity contribution in [2.24, 2.45) is 0 Å². The molecule has 0 unspecified atom stereocenters. The maximum atomic E-state index is 12.6. The number of benzene rings is 1. The number of hydrogen-bond acceptors (Lipinski definition) is 7. The molecule has 2 aliphatic rings. The molecule has 0 spiro atoms. The van der Waals surface area contributed by atoms with Gasteiger partial charge in [-0.2, -0.15) is 0 Å². The van der Waals surface area contributed by atoms with Gasteiger partial charge in [-0.3, -0.25) is 0 Å². The lowest BCUT2D eigenvalue weighted by Crippen LogP contribution is -2.47. The second-order valence-corrected chi connectivity index (χ2v) is 15.0. The van der Waals surface area contributed by atoms with E-state index in [0.29, 0.717) is 12.2 Å². The Kier molecular flexibility index (Phi) is 7.01. The van der Waals surface area contributed by atoms with Crippen LogP contribution in [0.3, 0.4) is 0 Å². The highest BCUT2D eigenvalue weighted by Crippen LogP contribution is 2.42. The van der Waals surface area contributed by atoms with Crippen molar-refractivity contribution in [1.29, 1.82) is 0 Å². The first-order valence-corrected chi connectivity index (χ1v) is 13.7. The maximum Gasteiger partial charge on any atom is 0.340 e. The lowest BCUT2D eigenvalue weighted by atomic mass is 10.1. The Balaban J connectivity index is 1.74. The van der Waals surface area contributed by atoms with E-state index in [-0.39, 0.29) is 11.1 Å². The van der Waals surface area contributed by atoms with E-state index < -0.39 is 44.7 Å². The zero-order valence-electron chi connectivity index (χ0n) is 19.8. The molecule has 2 aliphatic heterocycles. The molecular weight excluding hydrogens is 416 g/mol. The minimum Gasteiger partial charge on any atom is -0.429 e. The highest BCUT2D eigenvalue weighted by atomic mass is 28.4. The number of methoxy groups -OCH3 is 1. The molecule has 0 N–H and O–H groups in total. The lowest BCUT2D eigenvalue weighted by Gasteiger charge is -2.38. The summed E-state index contributed by atoms with van der Waals surface area (Å²) in [4.78, 5) is 12.6. The van der Waals surface area contributed by atoms with Gasteiger partial charge in [0.25, 0.3) is 0 Å². The zero-order valence-corrected chi connectivity index (χ0v) is 20.8. The lowest BCUT2D eigenvalue weighted by molar-refractivity contribution is -0.233. The first-order valence-electron chi connectivity index (χ1n) is 10.8. The Bertz CT molecular complexity index is 759. The normalized spacial score (nSPS) is 28.9. The van der Waals surface area contributed by atoms with E-state index in [1.165, 1.54) is 0 Å². The molecule has 8 heteroatoms. The van der Waals surface area contributed by atoms with Gasteiger partial charge in [-0.1, -0.05) is 39.0 Å². The fraction of sp³-hybridized carbons (Fsp3) is 0.696. The quantitative estimate of drug-likeness (QED) is 0.455. The Labute approximate surface area is 186 Å². The maximum absolute atomic E-state index is 12.6. The van der Waals surface area contributed by atoms with Gasteiger partial charge in [-0.25, -0.2) is 4.79 Å². The van der Waals surface area contributed by atoms with Crippen molar-refractivity contribution in [2.75, 3.05) is 13.7 Å². The van der Waals surface area contributed by atoms with Crippen LogP contribution in [0, 0.1) is 0 Å². The molecule has 0 bridgehead atoms. The minimum atomic E-state index is -1.98. The fourth-order valence-corrected chi connectivity index (χ4v) is 4.55. The summed E-state index contributed by atoms with van der Waals surface area (Å²) >= 11 is 0. The summed E-state index contributed by atoms with van der Waals surface area (Å²) in [6.45, 7) is 15.0. The number of fused-ring (bicyclic) bond motifs is 1. The van der Waals surface area contributed by atoms with E-state index in [1.807, 2.05) is 19.9 Å². The fourth-order valence-electron chi connectivity index (χ4n) is 3.54. The van der Waals surface area contributed by atoms with Crippen LogP contribution in [0.4, 0.5) is 0 Å². The number of carbonyl (C=O) groups excluding carboxylic acids is 1.